The van der Waals surface area contributed by atoms with E-state index in [-0.39, 0.29) is 17.2 Å². The summed E-state index contributed by atoms with van der Waals surface area (Å²) in [6.07, 6.45) is 0.959. The molecule has 0 spiro atoms. The summed E-state index contributed by atoms with van der Waals surface area (Å²) in [5.74, 6) is -1.18. The van der Waals surface area contributed by atoms with Crippen LogP contribution in [0.25, 0.3) is 0 Å². The molecule has 0 aromatic carbocycles. The fourth-order valence-corrected chi connectivity index (χ4v) is 2.19. The minimum atomic E-state index is -3.83. The van der Waals surface area contributed by atoms with Crippen molar-refractivity contribution < 1.29 is 23.4 Å². The molecule has 0 radical (unpaired) electrons. The Kier molecular flexibility index (Phi) is 4.16. The lowest BCUT2D eigenvalue weighted by Crippen LogP contribution is -2.35. The van der Waals surface area contributed by atoms with Crippen LogP contribution in [0.15, 0.2) is 23.4 Å². The van der Waals surface area contributed by atoms with E-state index in [9.17, 15) is 13.2 Å². The van der Waals surface area contributed by atoms with Gasteiger partial charge >= 0.3 is 5.97 Å². The number of hydrogen-bond donors (Lipinski definition) is 3. The molecule has 0 unspecified atom stereocenters. The zero-order valence-electron chi connectivity index (χ0n) is 8.99. The topological polar surface area (TPSA) is 117 Å². The third-order valence-electron chi connectivity index (χ3n) is 1.89. The second-order valence-corrected chi connectivity index (χ2v) is 5.06. The van der Waals surface area contributed by atoms with Crippen molar-refractivity contribution in [2.75, 3.05) is 6.61 Å². The molecule has 0 bridgehead atoms. The van der Waals surface area contributed by atoms with E-state index in [0.29, 0.717) is 0 Å². The van der Waals surface area contributed by atoms with Crippen molar-refractivity contribution in [2.45, 2.75) is 18.0 Å². The van der Waals surface area contributed by atoms with Gasteiger partial charge in [0.2, 0.25) is 0 Å². The molecule has 1 heterocycles. The van der Waals surface area contributed by atoms with E-state index < -0.39 is 22.0 Å². The number of hydrogen-bond acceptors (Lipinski definition) is 5. The van der Waals surface area contributed by atoms with Crippen molar-refractivity contribution >= 4 is 16.0 Å². The van der Waals surface area contributed by atoms with E-state index in [1.807, 2.05) is 0 Å². The van der Waals surface area contributed by atoms with Crippen molar-refractivity contribution in [1.29, 1.82) is 0 Å². The van der Waals surface area contributed by atoms with Gasteiger partial charge in [-0.3, -0.25) is 0 Å². The molecule has 17 heavy (non-hydrogen) atoms. The Hall–Kier alpha value is -1.51. The average molecular weight is 260 g/mol. The maximum Gasteiger partial charge on any atom is 0.337 e. The highest BCUT2D eigenvalue weighted by molar-refractivity contribution is 7.89. The number of aromatic carboxylic acids is 1. The van der Waals surface area contributed by atoms with Crippen LogP contribution in [0.5, 0.6) is 0 Å². The minimum Gasteiger partial charge on any atom is -0.478 e. The highest BCUT2D eigenvalue weighted by Crippen LogP contribution is 2.07. The molecular formula is C9H12N2O5S. The lowest BCUT2D eigenvalue weighted by molar-refractivity contribution is 0.0696. The van der Waals surface area contributed by atoms with Crippen LogP contribution in [0.1, 0.15) is 17.3 Å². The van der Waals surface area contributed by atoms with Gasteiger partial charge in [0.25, 0.3) is 10.0 Å². The van der Waals surface area contributed by atoms with Gasteiger partial charge in [-0.05, 0) is 19.1 Å². The van der Waals surface area contributed by atoms with Crippen molar-refractivity contribution in [1.82, 2.24) is 9.71 Å². The predicted octanol–water partition coefficient (Wildman–Crippen LogP) is -0.561. The summed E-state index contributed by atoms with van der Waals surface area (Å²) in [7, 11) is -3.83. The summed E-state index contributed by atoms with van der Waals surface area (Å²) in [6.45, 7) is 1.15. The van der Waals surface area contributed by atoms with Crippen molar-refractivity contribution in [2.24, 2.45) is 0 Å². The first-order valence-corrected chi connectivity index (χ1v) is 6.17. The van der Waals surface area contributed by atoms with Gasteiger partial charge in [0, 0.05) is 12.2 Å². The normalized spacial score (nSPS) is 13.3. The van der Waals surface area contributed by atoms with Crippen LogP contribution in [0.4, 0.5) is 0 Å². The van der Waals surface area contributed by atoms with Crippen LogP contribution in [-0.2, 0) is 10.0 Å². The number of nitrogens with zero attached hydrogens (tertiary/aromatic N) is 1. The lowest BCUT2D eigenvalue weighted by atomic mass is 10.3. The molecule has 0 saturated heterocycles. The fourth-order valence-electron chi connectivity index (χ4n) is 1.03. The number of aliphatic hydroxyl groups is 1. The number of carboxylic acids is 1. The molecule has 94 valence electrons. The monoisotopic (exact) mass is 260 g/mol. The van der Waals surface area contributed by atoms with E-state index in [2.05, 4.69) is 9.71 Å². The van der Waals surface area contributed by atoms with Crippen molar-refractivity contribution in [3.05, 3.63) is 23.9 Å². The van der Waals surface area contributed by atoms with Gasteiger partial charge in [0.05, 0.1) is 12.2 Å². The second-order valence-electron chi connectivity index (χ2n) is 3.40. The Labute approximate surface area is 98.2 Å². The summed E-state index contributed by atoms with van der Waals surface area (Å²) in [5, 5.41) is 17.1. The van der Waals surface area contributed by atoms with E-state index >= 15 is 0 Å². The molecule has 0 amide bonds. The van der Waals surface area contributed by atoms with Crippen LogP contribution in [0, 0.1) is 0 Å². The SMILES string of the molecule is C[C@H](CO)NS(=O)(=O)c1ccc(C(=O)O)cn1. The maximum atomic E-state index is 11.7. The summed E-state index contributed by atoms with van der Waals surface area (Å²) in [5.41, 5.74) is -0.0980. The number of carbonyl (C=O) groups is 1. The summed E-state index contributed by atoms with van der Waals surface area (Å²) >= 11 is 0. The van der Waals surface area contributed by atoms with Gasteiger partial charge in [-0.25, -0.2) is 22.9 Å². The van der Waals surface area contributed by atoms with Gasteiger partial charge in [-0.15, -0.1) is 0 Å². The minimum absolute atomic E-state index is 0.0980. The first kappa shape index (κ1) is 13.6. The number of sulfonamides is 1. The van der Waals surface area contributed by atoms with E-state index in [4.69, 9.17) is 10.2 Å². The smallest absolute Gasteiger partial charge is 0.337 e. The molecule has 1 atom stereocenters. The lowest BCUT2D eigenvalue weighted by Gasteiger charge is -2.10. The maximum absolute atomic E-state index is 11.7. The van der Waals surface area contributed by atoms with Crippen LogP contribution in [0.3, 0.4) is 0 Å². The van der Waals surface area contributed by atoms with Crippen molar-refractivity contribution in [3.8, 4) is 0 Å². The van der Waals surface area contributed by atoms with Crippen LogP contribution >= 0.6 is 0 Å². The first-order valence-electron chi connectivity index (χ1n) is 4.69. The summed E-state index contributed by atoms with van der Waals surface area (Å²) < 4.78 is 25.5. The number of nitrogens with one attached hydrogen (secondary N) is 1. The largest absolute Gasteiger partial charge is 0.478 e. The third-order valence-corrected chi connectivity index (χ3v) is 3.39. The van der Waals surface area contributed by atoms with E-state index in [0.717, 1.165) is 18.3 Å². The van der Waals surface area contributed by atoms with Gasteiger partial charge < -0.3 is 10.2 Å². The molecule has 3 N–H and O–H groups in total. The van der Waals surface area contributed by atoms with Gasteiger partial charge in [-0.2, -0.15) is 0 Å². The quantitative estimate of drug-likeness (QED) is 0.653. The third kappa shape index (κ3) is 3.48. The Morgan fingerprint density at radius 1 is 1.53 bits per heavy atom. The number of aromatic nitrogens is 1. The molecule has 1 aromatic rings. The Morgan fingerprint density at radius 2 is 2.18 bits per heavy atom. The number of pyridine rings is 1. The van der Waals surface area contributed by atoms with Crippen LogP contribution < -0.4 is 4.72 Å². The Morgan fingerprint density at radius 3 is 2.59 bits per heavy atom. The number of rotatable bonds is 5. The fraction of sp³-hybridized carbons (Fsp3) is 0.333. The zero-order chi connectivity index (χ0) is 13.1. The van der Waals surface area contributed by atoms with Crippen LogP contribution in [-0.4, -0.2) is 42.2 Å². The van der Waals surface area contributed by atoms with E-state index in [1.165, 1.54) is 6.92 Å². The Bertz CT molecular complexity index is 497. The molecule has 0 saturated carbocycles. The highest BCUT2D eigenvalue weighted by atomic mass is 32.2. The molecule has 1 aromatic heterocycles. The molecule has 0 aliphatic rings. The van der Waals surface area contributed by atoms with Crippen molar-refractivity contribution in [3.63, 3.8) is 0 Å². The number of aliphatic hydroxyl groups excluding tert-OH is 1. The standard InChI is InChI=1S/C9H12N2O5S/c1-6(5-12)11-17(15,16)8-3-2-7(4-10-8)9(13)14/h2-4,6,11-12H,5H2,1H3,(H,13,14)/t6-/m1/s1. The molecule has 7 nitrogen and oxygen atoms in total. The molecule has 0 aliphatic carbocycles. The van der Waals surface area contributed by atoms with Gasteiger partial charge in [-0.1, -0.05) is 0 Å². The second kappa shape index (κ2) is 5.21. The molecule has 8 heteroatoms. The predicted molar refractivity (Wildman–Crippen MR) is 58.1 cm³/mol. The molecular weight excluding hydrogens is 248 g/mol. The molecule has 1 rings (SSSR count). The summed E-state index contributed by atoms with van der Waals surface area (Å²) in [6, 6.07) is 1.60. The first-order chi connectivity index (χ1) is 7.86. The highest BCUT2D eigenvalue weighted by Gasteiger charge is 2.18. The molecule has 0 aliphatic heterocycles. The zero-order valence-corrected chi connectivity index (χ0v) is 9.81. The van der Waals surface area contributed by atoms with Gasteiger partial charge in [0.1, 0.15) is 0 Å². The summed E-state index contributed by atoms with van der Waals surface area (Å²) in [4.78, 5) is 14.1. The van der Waals surface area contributed by atoms with E-state index in [1.54, 1.807) is 0 Å². The van der Waals surface area contributed by atoms with Crippen LogP contribution in [0.2, 0.25) is 0 Å². The van der Waals surface area contributed by atoms with Gasteiger partial charge in [0.15, 0.2) is 5.03 Å². The average Bonchev–Trinajstić information content (AvgIpc) is 2.28. The number of carboxylic acid groups (broad SMARTS) is 1. The Balaban J connectivity index is 2.96. The molecule has 0 fully saturated rings.